The van der Waals surface area contributed by atoms with Crippen molar-refractivity contribution < 1.29 is 17.6 Å². The van der Waals surface area contributed by atoms with Gasteiger partial charge >= 0.3 is 0 Å². The average Bonchev–Trinajstić information content (AvgIpc) is 3.32. The van der Waals surface area contributed by atoms with Gasteiger partial charge in [0.25, 0.3) is 12.9 Å². The number of alkyl halides is 4. The van der Waals surface area contributed by atoms with Crippen LogP contribution in [0.2, 0.25) is 0 Å². The predicted molar refractivity (Wildman–Crippen MR) is 139 cm³/mol. The van der Waals surface area contributed by atoms with Crippen LogP contribution in [-0.4, -0.2) is 41.8 Å². The quantitative estimate of drug-likeness (QED) is 0.135. The Balaban J connectivity index is 1.70. The smallest absolute Gasteiger partial charge is 0.278 e. The zero-order valence-electron chi connectivity index (χ0n) is 19.0. The van der Waals surface area contributed by atoms with Gasteiger partial charge in [-0.05, 0) is 53.8 Å². The number of anilines is 1. The van der Waals surface area contributed by atoms with Crippen LogP contribution in [0.5, 0.6) is 0 Å². The minimum atomic E-state index is -2.60. The summed E-state index contributed by atoms with van der Waals surface area (Å²) in [6, 6.07) is 17.4. The van der Waals surface area contributed by atoms with Crippen molar-refractivity contribution >= 4 is 38.2 Å². The number of para-hydroxylation sites is 1. The first-order chi connectivity index (χ1) is 16.2. The van der Waals surface area contributed by atoms with Crippen LogP contribution in [0.3, 0.4) is 0 Å². The van der Waals surface area contributed by atoms with E-state index in [1.165, 1.54) is 0 Å². The molecule has 2 aromatic carbocycles. The summed E-state index contributed by atoms with van der Waals surface area (Å²) in [4.78, 5) is 0. The Morgan fingerprint density at radius 1 is 0.941 bits per heavy atom. The zero-order valence-corrected chi connectivity index (χ0v) is 19.8. The molecule has 1 aliphatic heterocycles. The number of nitrogens with zero attached hydrogens (tertiary/aromatic N) is 3. The lowest BCUT2D eigenvalue weighted by atomic mass is 10.0. The molecule has 0 spiro atoms. The van der Waals surface area contributed by atoms with Gasteiger partial charge in [-0.1, -0.05) is 60.8 Å². The maximum Gasteiger partial charge on any atom is 0.278 e. The highest BCUT2D eigenvalue weighted by atomic mass is 32.2. The summed E-state index contributed by atoms with van der Waals surface area (Å²) in [5.74, 6) is 9.54. The molecule has 8 heteroatoms. The van der Waals surface area contributed by atoms with E-state index in [1.54, 1.807) is 0 Å². The third-order valence-electron chi connectivity index (χ3n) is 5.61. The summed E-state index contributed by atoms with van der Waals surface area (Å²) in [6.07, 6.45) is -3.40. The first kappa shape index (κ1) is 25.7. The van der Waals surface area contributed by atoms with Gasteiger partial charge in [-0.3, -0.25) is 0 Å². The average molecular weight is 492 g/mol. The highest BCUT2D eigenvalue weighted by molar-refractivity contribution is 8.28. The molecule has 0 atom stereocenters. The number of hydrogen-bond acceptors (Lipinski definition) is 3. The maximum atomic E-state index is 12.8. The lowest BCUT2D eigenvalue weighted by Gasteiger charge is -2.33. The van der Waals surface area contributed by atoms with E-state index in [0.29, 0.717) is 30.9 Å². The molecule has 0 saturated carbocycles. The van der Waals surface area contributed by atoms with Gasteiger partial charge in [0.1, 0.15) is 5.71 Å². The van der Waals surface area contributed by atoms with Crippen molar-refractivity contribution in [3.63, 3.8) is 0 Å². The van der Waals surface area contributed by atoms with Crippen molar-refractivity contribution in [3.05, 3.63) is 77.9 Å². The summed E-state index contributed by atoms with van der Waals surface area (Å²) >= 11 is 0. The number of rotatable bonds is 12. The van der Waals surface area contributed by atoms with E-state index in [9.17, 15) is 17.6 Å². The molecule has 3 nitrogen and oxygen atoms in total. The SMILES string of the molecule is C=C(CCCCS(=C)(=C)N(Cc1ccc(C2=NN=C(C(F)F)C2)cc1)c1ccccc1)C(F)F. The van der Waals surface area contributed by atoms with Gasteiger partial charge in [-0.25, -0.2) is 17.6 Å². The van der Waals surface area contributed by atoms with Crippen molar-refractivity contribution in [2.75, 3.05) is 10.1 Å². The Bertz CT molecular complexity index is 1140. The van der Waals surface area contributed by atoms with Crippen LogP contribution >= 0.6 is 9.39 Å². The van der Waals surface area contributed by atoms with Crippen molar-refractivity contribution in [1.29, 1.82) is 0 Å². The molecule has 0 N–H and O–H groups in total. The van der Waals surface area contributed by atoms with Gasteiger partial charge in [0, 0.05) is 12.1 Å². The van der Waals surface area contributed by atoms with Gasteiger partial charge < -0.3 is 4.31 Å². The van der Waals surface area contributed by atoms with Gasteiger partial charge in [0.2, 0.25) is 0 Å². The molecule has 0 amide bonds. The first-order valence-electron chi connectivity index (χ1n) is 10.9. The Morgan fingerprint density at radius 2 is 1.62 bits per heavy atom. The van der Waals surface area contributed by atoms with Crippen molar-refractivity contribution in [1.82, 2.24) is 0 Å². The molecule has 3 rings (SSSR count). The van der Waals surface area contributed by atoms with Crippen LogP contribution in [0.1, 0.15) is 36.8 Å². The third kappa shape index (κ3) is 6.82. The molecule has 2 aromatic rings. The molecule has 0 saturated heterocycles. The molecular weight excluding hydrogens is 462 g/mol. The summed E-state index contributed by atoms with van der Waals surface area (Å²) in [5, 5.41) is 7.47. The van der Waals surface area contributed by atoms with E-state index in [-0.39, 0.29) is 17.7 Å². The lowest BCUT2D eigenvalue weighted by Crippen LogP contribution is -2.20. The molecule has 0 bridgehead atoms. The second-order valence-electron chi connectivity index (χ2n) is 8.30. The van der Waals surface area contributed by atoms with Crippen LogP contribution in [0.25, 0.3) is 0 Å². The minimum absolute atomic E-state index is 0.0355. The fourth-order valence-corrected chi connectivity index (χ4v) is 5.56. The summed E-state index contributed by atoms with van der Waals surface area (Å²) < 4.78 is 53.2. The van der Waals surface area contributed by atoms with E-state index in [0.717, 1.165) is 23.2 Å². The fourth-order valence-electron chi connectivity index (χ4n) is 3.60. The summed E-state index contributed by atoms with van der Waals surface area (Å²) in [5.41, 5.74) is 3.04. The van der Waals surface area contributed by atoms with E-state index in [2.05, 4.69) is 32.8 Å². The Hall–Kier alpha value is -2.87. The number of halogens is 4. The number of allylic oxidation sites excluding steroid dienone is 1. The van der Waals surface area contributed by atoms with Crippen LogP contribution < -0.4 is 4.31 Å². The summed E-state index contributed by atoms with van der Waals surface area (Å²) in [7, 11) is -1.74. The molecule has 0 radical (unpaired) electrons. The largest absolute Gasteiger partial charge is 0.324 e. The van der Waals surface area contributed by atoms with Crippen LogP contribution in [-0.2, 0) is 6.54 Å². The molecular formula is C26H29F4N3S. The number of benzene rings is 2. The first-order valence-corrected chi connectivity index (χ1v) is 13.0. The third-order valence-corrected chi connectivity index (χ3v) is 7.93. The van der Waals surface area contributed by atoms with E-state index < -0.39 is 22.2 Å². The van der Waals surface area contributed by atoms with Crippen molar-refractivity contribution in [3.8, 4) is 0 Å². The van der Waals surface area contributed by atoms with Crippen LogP contribution in [0, 0.1) is 0 Å². The van der Waals surface area contributed by atoms with Gasteiger partial charge in [-0.2, -0.15) is 10.2 Å². The molecule has 0 aromatic heterocycles. The minimum Gasteiger partial charge on any atom is -0.324 e. The Labute approximate surface area is 199 Å². The Morgan fingerprint density at radius 3 is 2.21 bits per heavy atom. The summed E-state index contributed by atoms with van der Waals surface area (Å²) in [6.45, 7) is 3.99. The monoisotopic (exact) mass is 491 g/mol. The predicted octanol–water partition coefficient (Wildman–Crippen LogP) is 7.08. The second kappa shape index (κ2) is 11.5. The molecule has 182 valence electrons. The van der Waals surface area contributed by atoms with Gasteiger partial charge in [-0.15, -0.1) is 9.39 Å². The fraction of sp³-hybridized carbons (Fsp3) is 0.308. The highest BCUT2D eigenvalue weighted by Gasteiger charge is 2.22. The molecule has 1 heterocycles. The van der Waals surface area contributed by atoms with Gasteiger partial charge in [0.15, 0.2) is 0 Å². The molecule has 34 heavy (non-hydrogen) atoms. The Kier molecular flexibility index (Phi) is 8.72. The topological polar surface area (TPSA) is 28.0 Å². The molecule has 1 aliphatic rings. The van der Waals surface area contributed by atoms with Crippen molar-refractivity contribution in [2.24, 2.45) is 10.2 Å². The van der Waals surface area contributed by atoms with Crippen LogP contribution in [0.4, 0.5) is 23.2 Å². The molecule has 0 unspecified atom stereocenters. The van der Waals surface area contributed by atoms with E-state index in [4.69, 9.17) is 0 Å². The van der Waals surface area contributed by atoms with Gasteiger partial charge in [0.05, 0.1) is 12.3 Å². The lowest BCUT2D eigenvalue weighted by molar-refractivity contribution is 0.185. The highest BCUT2D eigenvalue weighted by Crippen LogP contribution is 2.35. The second-order valence-corrected chi connectivity index (χ2v) is 11.2. The zero-order chi connectivity index (χ0) is 24.7. The normalized spacial score (nSPS) is 13.8. The van der Waals surface area contributed by atoms with E-state index >= 15 is 0 Å². The number of hydrogen-bond donors (Lipinski definition) is 0. The van der Waals surface area contributed by atoms with Crippen molar-refractivity contribution in [2.45, 2.75) is 45.1 Å². The molecule has 0 fully saturated rings. The standard InChI is InChI=1S/C26H29F4N3S/c1-19(25(27)28)9-7-8-16-34(2,3)33(22-10-5-4-6-11-22)18-20-12-14-21(15-13-20)23-17-24(26(29)30)32-31-23/h4-6,10-15,25-26H,1-3,7-9,16-18H2. The number of unbranched alkanes of at least 4 members (excludes halogenated alkanes) is 1. The van der Waals surface area contributed by atoms with Crippen LogP contribution in [0.15, 0.2) is 77.0 Å². The van der Waals surface area contributed by atoms with E-state index in [1.807, 2.05) is 54.6 Å². The molecule has 0 aliphatic carbocycles. The maximum absolute atomic E-state index is 12.8.